The van der Waals surface area contributed by atoms with Crippen LogP contribution in [0.3, 0.4) is 0 Å². The molecule has 2 aliphatic rings. The molecule has 0 radical (unpaired) electrons. The van der Waals surface area contributed by atoms with Gasteiger partial charge < -0.3 is 14.6 Å². The number of ether oxygens (including phenoxy) is 2. The topological polar surface area (TPSA) is 89.0 Å². The number of carbonyl (C=O) groups is 2. The van der Waals surface area contributed by atoms with Gasteiger partial charge >= 0.3 is 5.91 Å². The number of amides is 1. The molecule has 6 rings (SSSR count). The third-order valence-corrected chi connectivity index (χ3v) is 7.74. The average molecular weight is 543 g/mol. The quantitative estimate of drug-likeness (QED) is 0.140. The number of aromatic nitrogens is 1. The summed E-state index contributed by atoms with van der Waals surface area (Å²) in [5, 5.41) is 11.7. The van der Waals surface area contributed by atoms with Gasteiger partial charge in [0.15, 0.2) is 5.13 Å². The second kappa shape index (κ2) is 9.67. The number of halogens is 1. The number of Topliss-reactive ketones (excluding diaryl/α,β-unsaturated/α-hetero) is 1. The van der Waals surface area contributed by atoms with Crippen LogP contribution >= 0.6 is 11.3 Å². The van der Waals surface area contributed by atoms with Gasteiger partial charge in [0.05, 0.1) is 21.8 Å². The van der Waals surface area contributed by atoms with Crippen LogP contribution in [0.15, 0.2) is 78.9 Å². The third-order valence-electron chi connectivity index (χ3n) is 6.72. The number of aliphatic hydroxyl groups excluding tert-OH is 1. The first-order chi connectivity index (χ1) is 18.8. The van der Waals surface area contributed by atoms with Crippen LogP contribution in [0.25, 0.3) is 16.0 Å². The zero-order valence-electron chi connectivity index (χ0n) is 20.9. The predicted octanol–water partition coefficient (Wildman–Crippen LogP) is 5.95. The lowest BCUT2D eigenvalue weighted by atomic mass is 9.94. The number of benzene rings is 3. The van der Waals surface area contributed by atoms with E-state index in [1.165, 1.54) is 23.1 Å². The van der Waals surface area contributed by atoms with Crippen molar-refractivity contribution in [1.82, 2.24) is 4.98 Å². The number of nitrogens with zero attached hydrogens (tertiary/aromatic N) is 2. The van der Waals surface area contributed by atoms with Gasteiger partial charge in [-0.3, -0.25) is 14.5 Å². The fourth-order valence-corrected chi connectivity index (χ4v) is 5.98. The molecule has 1 aromatic heterocycles. The van der Waals surface area contributed by atoms with E-state index in [-0.39, 0.29) is 22.6 Å². The van der Waals surface area contributed by atoms with Crippen molar-refractivity contribution < 1.29 is 28.6 Å². The molecule has 196 valence electrons. The van der Waals surface area contributed by atoms with Crippen LogP contribution in [0.1, 0.15) is 29.7 Å². The van der Waals surface area contributed by atoms with Gasteiger partial charge in [-0.05, 0) is 66.6 Å². The highest BCUT2D eigenvalue weighted by molar-refractivity contribution is 7.22. The largest absolute Gasteiger partial charge is 0.507 e. The number of anilines is 1. The second-order valence-corrected chi connectivity index (χ2v) is 10.4. The van der Waals surface area contributed by atoms with Crippen LogP contribution in [0, 0.1) is 5.82 Å². The van der Waals surface area contributed by atoms with E-state index in [0.717, 1.165) is 22.6 Å². The Kier molecular flexibility index (Phi) is 6.15. The van der Waals surface area contributed by atoms with Crippen molar-refractivity contribution in [3.63, 3.8) is 0 Å². The van der Waals surface area contributed by atoms with Gasteiger partial charge in [0.2, 0.25) is 0 Å². The highest BCUT2D eigenvalue weighted by Gasteiger charge is 2.48. The molecule has 4 aromatic rings. The summed E-state index contributed by atoms with van der Waals surface area (Å²) in [6.07, 6.45) is 2.30. The molecule has 0 saturated carbocycles. The molecule has 0 bridgehead atoms. The van der Waals surface area contributed by atoms with Crippen molar-refractivity contribution in [2.45, 2.75) is 25.5 Å². The lowest BCUT2D eigenvalue weighted by molar-refractivity contribution is -0.132. The van der Waals surface area contributed by atoms with E-state index >= 15 is 0 Å². The first-order valence-electron chi connectivity index (χ1n) is 12.3. The summed E-state index contributed by atoms with van der Waals surface area (Å²) in [4.78, 5) is 32.8. The van der Waals surface area contributed by atoms with Crippen molar-refractivity contribution in [1.29, 1.82) is 0 Å². The SMILES string of the molecule is C=CCOc1ccc([C@@H]2/C(=C(\O)c3ccc4c(c3)C[C@@H](C)O4)C(=O)C(=O)N2c2nc3ccc(F)cc3s2)cc1. The number of aliphatic hydroxyl groups is 1. The highest BCUT2D eigenvalue weighted by Crippen LogP contribution is 2.45. The molecule has 1 saturated heterocycles. The Morgan fingerprint density at radius 1 is 1.21 bits per heavy atom. The van der Waals surface area contributed by atoms with E-state index in [9.17, 15) is 19.1 Å². The van der Waals surface area contributed by atoms with Crippen LogP contribution in [-0.2, 0) is 16.0 Å². The molecule has 9 heteroatoms. The Morgan fingerprint density at radius 2 is 2.00 bits per heavy atom. The van der Waals surface area contributed by atoms with Crippen LogP contribution in [0.2, 0.25) is 0 Å². The van der Waals surface area contributed by atoms with Crippen LogP contribution < -0.4 is 14.4 Å². The van der Waals surface area contributed by atoms with Gasteiger partial charge in [-0.25, -0.2) is 9.37 Å². The average Bonchev–Trinajstić information content (AvgIpc) is 3.59. The van der Waals surface area contributed by atoms with Crippen molar-refractivity contribution in [3.05, 3.63) is 101 Å². The molecule has 7 nitrogen and oxygen atoms in total. The minimum Gasteiger partial charge on any atom is -0.507 e. The standard InChI is InChI=1S/C30H23FN2O5S/c1-3-12-37-21-8-4-17(5-9-21)26-25(27(34)18-6-11-23-19(14-18)13-16(2)38-23)28(35)29(36)33(26)30-32-22-10-7-20(31)15-24(22)39-30/h3-11,14-16,26,34H,1,12-13H2,2H3/b27-25+/t16-,26-/m1/s1. The fourth-order valence-electron chi connectivity index (χ4n) is 4.96. The summed E-state index contributed by atoms with van der Waals surface area (Å²) in [5.74, 6) is -1.07. The monoisotopic (exact) mass is 542 g/mol. The molecule has 1 fully saturated rings. The molecular weight excluding hydrogens is 519 g/mol. The van der Waals surface area contributed by atoms with E-state index in [0.29, 0.717) is 40.1 Å². The lowest BCUT2D eigenvalue weighted by Gasteiger charge is -2.23. The lowest BCUT2D eigenvalue weighted by Crippen LogP contribution is -2.29. The minimum absolute atomic E-state index is 0.00803. The van der Waals surface area contributed by atoms with E-state index in [4.69, 9.17) is 9.47 Å². The molecule has 0 spiro atoms. The summed E-state index contributed by atoms with van der Waals surface area (Å²) >= 11 is 1.10. The van der Waals surface area contributed by atoms with E-state index < -0.39 is 23.5 Å². The number of hydrogen-bond donors (Lipinski definition) is 1. The summed E-state index contributed by atoms with van der Waals surface area (Å²) in [7, 11) is 0. The summed E-state index contributed by atoms with van der Waals surface area (Å²) in [5.41, 5.74) is 2.33. The van der Waals surface area contributed by atoms with Gasteiger partial charge in [-0.2, -0.15) is 0 Å². The maximum atomic E-state index is 13.9. The molecule has 0 aliphatic carbocycles. The van der Waals surface area contributed by atoms with Gasteiger partial charge in [0.25, 0.3) is 5.78 Å². The van der Waals surface area contributed by atoms with Crippen LogP contribution in [0.4, 0.5) is 9.52 Å². The van der Waals surface area contributed by atoms with Gasteiger partial charge in [-0.1, -0.05) is 36.1 Å². The number of carbonyl (C=O) groups excluding carboxylic acids is 2. The van der Waals surface area contributed by atoms with Crippen LogP contribution in [-0.4, -0.2) is 34.5 Å². The Morgan fingerprint density at radius 3 is 2.77 bits per heavy atom. The van der Waals surface area contributed by atoms with Crippen molar-refractivity contribution >= 4 is 44.1 Å². The zero-order valence-corrected chi connectivity index (χ0v) is 21.7. The molecular formula is C30H23FN2O5S. The molecule has 3 aromatic carbocycles. The molecule has 3 heterocycles. The second-order valence-electron chi connectivity index (χ2n) is 9.40. The van der Waals surface area contributed by atoms with Crippen molar-refractivity contribution in [2.24, 2.45) is 0 Å². The molecule has 2 aliphatic heterocycles. The summed E-state index contributed by atoms with van der Waals surface area (Å²) in [6, 6.07) is 15.3. The van der Waals surface area contributed by atoms with E-state index in [1.807, 2.05) is 6.92 Å². The number of rotatable bonds is 6. The highest BCUT2D eigenvalue weighted by atomic mass is 32.1. The number of fused-ring (bicyclic) bond motifs is 2. The minimum atomic E-state index is -0.965. The van der Waals surface area contributed by atoms with Crippen LogP contribution in [0.5, 0.6) is 11.5 Å². The third kappa shape index (κ3) is 4.34. The Labute approximate surface area is 227 Å². The first kappa shape index (κ1) is 24.8. The summed E-state index contributed by atoms with van der Waals surface area (Å²) in [6.45, 7) is 5.92. The van der Waals surface area contributed by atoms with E-state index in [1.54, 1.807) is 48.5 Å². The summed E-state index contributed by atoms with van der Waals surface area (Å²) < 4.78 is 25.8. The molecule has 1 N–H and O–H groups in total. The maximum Gasteiger partial charge on any atom is 0.301 e. The number of ketones is 1. The Bertz CT molecular complexity index is 1680. The number of thiazole rings is 1. The van der Waals surface area contributed by atoms with Gasteiger partial charge in [-0.15, -0.1) is 0 Å². The van der Waals surface area contributed by atoms with Crippen molar-refractivity contribution in [3.8, 4) is 11.5 Å². The van der Waals surface area contributed by atoms with Gasteiger partial charge in [0, 0.05) is 12.0 Å². The predicted molar refractivity (Wildman–Crippen MR) is 147 cm³/mol. The Hall–Kier alpha value is -4.50. The maximum absolute atomic E-state index is 13.9. The Balaban J connectivity index is 1.50. The van der Waals surface area contributed by atoms with Gasteiger partial charge in [0.1, 0.15) is 35.8 Å². The zero-order chi connectivity index (χ0) is 27.3. The first-order valence-corrected chi connectivity index (χ1v) is 13.2. The normalized spacial score (nSPS) is 19.8. The van der Waals surface area contributed by atoms with E-state index in [2.05, 4.69) is 11.6 Å². The van der Waals surface area contributed by atoms with Crippen molar-refractivity contribution in [2.75, 3.05) is 11.5 Å². The molecule has 1 amide bonds. The molecule has 2 atom stereocenters. The molecule has 0 unspecified atom stereocenters. The number of hydrogen-bond acceptors (Lipinski definition) is 7. The fraction of sp³-hybridized carbons (Fsp3) is 0.167. The smallest absolute Gasteiger partial charge is 0.301 e. The molecule has 39 heavy (non-hydrogen) atoms.